The van der Waals surface area contributed by atoms with Gasteiger partial charge in [0, 0.05) is 6.07 Å². The van der Waals surface area contributed by atoms with Gasteiger partial charge in [0.1, 0.15) is 5.75 Å². The summed E-state index contributed by atoms with van der Waals surface area (Å²) in [5.74, 6) is 0.506. The van der Waals surface area contributed by atoms with Crippen molar-refractivity contribution in [1.29, 1.82) is 0 Å². The average molecular weight is 182 g/mol. The van der Waals surface area contributed by atoms with E-state index in [1.165, 1.54) is 25.1 Å². The third-order valence-electron chi connectivity index (χ3n) is 2.03. The largest absolute Gasteiger partial charge is 0.492 e. The van der Waals surface area contributed by atoms with Gasteiger partial charge in [-0.25, -0.2) is 9.37 Å². The van der Waals surface area contributed by atoms with E-state index in [0.29, 0.717) is 18.3 Å². The number of rotatable bonds is 3. The zero-order chi connectivity index (χ0) is 9.26. The van der Waals surface area contributed by atoms with Crippen molar-refractivity contribution in [1.82, 2.24) is 4.98 Å². The molecule has 1 aliphatic carbocycles. The summed E-state index contributed by atoms with van der Waals surface area (Å²) in [6.45, 7) is 0.658. The van der Waals surface area contributed by atoms with Gasteiger partial charge in [-0.3, -0.25) is 0 Å². The Morgan fingerprint density at radius 2 is 2.38 bits per heavy atom. The molecule has 1 heterocycles. The predicted octanol–water partition coefficient (Wildman–Crippen LogP) is 1.59. The van der Waals surface area contributed by atoms with Gasteiger partial charge >= 0.3 is 0 Å². The Bertz CT molecular complexity index is 312. The molecule has 1 fully saturated rings. The molecule has 2 N–H and O–H groups in total. The number of halogens is 1. The van der Waals surface area contributed by atoms with Crippen LogP contribution in [0, 0.1) is 11.7 Å². The molecule has 2 rings (SSSR count). The molecule has 0 spiro atoms. The zero-order valence-corrected chi connectivity index (χ0v) is 7.16. The van der Waals surface area contributed by atoms with E-state index in [-0.39, 0.29) is 5.82 Å². The molecule has 1 saturated carbocycles. The van der Waals surface area contributed by atoms with E-state index in [1.807, 2.05) is 0 Å². The number of nitrogen functional groups attached to an aromatic ring is 1. The minimum absolute atomic E-state index is 0.0845. The van der Waals surface area contributed by atoms with Gasteiger partial charge in [0.05, 0.1) is 12.8 Å². The molecule has 0 radical (unpaired) electrons. The molecule has 3 nitrogen and oxygen atoms in total. The molecule has 70 valence electrons. The summed E-state index contributed by atoms with van der Waals surface area (Å²) in [5, 5.41) is 0. The van der Waals surface area contributed by atoms with Crippen molar-refractivity contribution in [3.05, 3.63) is 18.1 Å². The lowest BCUT2D eigenvalue weighted by molar-refractivity contribution is 0.297. The van der Waals surface area contributed by atoms with Gasteiger partial charge in [0.2, 0.25) is 0 Å². The third-order valence-corrected chi connectivity index (χ3v) is 2.03. The molecule has 0 aliphatic heterocycles. The van der Waals surface area contributed by atoms with Gasteiger partial charge in [-0.1, -0.05) is 0 Å². The first-order valence-corrected chi connectivity index (χ1v) is 4.29. The Balaban J connectivity index is 1.98. The summed E-state index contributed by atoms with van der Waals surface area (Å²) in [7, 11) is 0. The molecule has 4 heteroatoms. The highest BCUT2D eigenvalue weighted by atomic mass is 19.1. The number of nitrogens with zero attached hydrogens (tertiary/aromatic N) is 1. The van der Waals surface area contributed by atoms with Crippen molar-refractivity contribution in [3.8, 4) is 5.75 Å². The van der Waals surface area contributed by atoms with E-state index >= 15 is 0 Å². The number of pyridine rings is 1. The number of hydrogen-bond acceptors (Lipinski definition) is 3. The standard InChI is InChI=1S/C9H11FN2O/c10-8-3-7(4-12-9(8)11)13-5-6-1-2-6/h3-4,6H,1-2,5H2,(H2,11,12). The second kappa shape index (κ2) is 3.20. The van der Waals surface area contributed by atoms with Crippen molar-refractivity contribution < 1.29 is 9.13 Å². The van der Waals surface area contributed by atoms with E-state index in [0.717, 1.165) is 0 Å². The first-order chi connectivity index (χ1) is 6.25. The third kappa shape index (κ3) is 2.08. The van der Waals surface area contributed by atoms with Gasteiger partial charge in [-0.05, 0) is 18.8 Å². The van der Waals surface area contributed by atoms with E-state index in [1.54, 1.807) is 0 Å². The molecule has 0 unspecified atom stereocenters. The lowest BCUT2D eigenvalue weighted by atomic mass is 10.4. The highest BCUT2D eigenvalue weighted by molar-refractivity contribution is 5.34. The summed E-state index contributed by atoms with van der Waals surface area (Å²) in [6, 6.07) is 1.27. The summed E-state index contributed by atoms with van der Waals surface area (Å²) >= 11 is 0. The first-order valence-electron chi connectivity index (χ1n) is 4.29. The monoisotopic (exact) mass is 182 g/mol. The molecule has 1 aromatic heterocycles. The normalized spacial score (nSPS) is 15.8. The van der Waals surface area contributed by atoms with E-state index in [4.69, 9.17) is 10.5 Å². The van der Waals surface area contributed by atoms with Gasteiger partial charge < -0.3 is 10.5 Å². The fraction of sp³-hybridized carbons (Fsp3) is 0.444. The van der Waals surface area contributed by atoms with Crippen molar-refractivity contribution >= 4 is 5.82 Å². The van der Waals surface area contributed by atoms with Gasteiger partial charge in [-0.2, -0.15) is 0 Å². The van der Waals surface area contributed by atoms with Crippen molar-refractivity contribution in [2.45, 2.75) is 12.8 Å². The molecule has 13 heavy (non-hydrogen) atoms. The van der Waals surface area contributed by atoms with Crippen molar-refractivity contribution in [3.63, 3.8) is 0 Å². The Kier molecular flexibility index (Phi) is 2.04. The highest BCUT2D eigenvalue weighted by Gasteiger charge is 2.22. The summed E-state index contributed by atoms with van der Waals surface area (Å²) < 4.78 is 18.2. The lowest BCUT2D eigenvalue weighted by Crippen LogP contribution is -2.01. The van der Waals surface area contributed by atoms with Gasteiger partial charge in [0.15, 0.2) is 11.6 Å². The number of aromatic nitrogens is 1. The molecule has 1 aliphatic rings. The Morgan fingerprint density at radius 1 is 1.62 bits per heavy atom. The van der Waals surface area contributed by atoms with Gasteiger partial charge in [-0.15, -0.1) is 0 Å². The second-order valence-electron chi connectivity index (χ2n) is 3.29. The molecular formula is C9H11FN2O. The minimum atomic E-state index is -0.520. The fourth-order valence-electron chi connectivity index (χ4n) is 1.01. The zero-order valence-electron chi connectivity index (χ0n) is 7.16. The minimum Gasteiger partial charge on any atom is -0.492 e. The predicted molar refractivity (Wildman–Crippen MR) is 46.8 cm³/mol. The fourth-order valence-corrected chi connectivity index (χ4v) is 1.01. The molecule has 0 atom stereocenters. The lowest BCUT2D eigenvalue weighted by Gasteiger charge is -2.04. The van der Waals surface area contributed by atoms with Crippen LogP contribution < -0.4 is 10.5 Å². The van der Waals surface area contributed by atoms with Crippen LogP contribution >= 0.6 is 0 Å². The number of anilines is 1. The maximum absolute atomic E-state index is 12.9. The van der Waals surface area contributed by atoms with Crippen LogP contribution in [0.1, 0.15) is 12.8 Å². The van der Waals surface area contributed by atoms with Crippen LogP contribution in [0.15, 0.2) is 12.3 Å². The maximum Gasteiger partial charge on any atom is 0.168 e. The second-order valence-corrected chi connectivity index (χ2v) is 3.29. The Morgan fingerprint density at radius 3 is 3.00 bits per heavy atom. The van der Waals surface area contributed by atoms with Crippen LogP contribution in [0.5, 0.6) is 5.75 Å². The van der Waals surface area contributed by atoms with Crippen LogP contribution in [0.4, 0.5) is 10.2 Å². The van der Waals surface area contributed by atoms with Crippen LogP contribution in [-0.2, 0) is 0 Å². The molecule has 0 aromatic carbocycles. The molecule has 0 saturated heterocycles. The average Bonchev–Trinajstić information content (AvgIpc) is 2.91. The van der Waals surface area contributed by atoms with E-state index < -0.39 is 5.82 Å². The number of hydrogen-bond donors (Lipinski definition) is 1. The number of ether oxygens (including phenoxy) is 1. The first kappa shape index (κ1) is 8.29. The maximum atomic E-state index is 12.9. The SMILES string of the molecule is Nc1ncc(OCC2CC2)cc1F. The van der Waals surface area contributed by atoms with Crippen LogP contribution in [0.2, 0.25) is 0 Å². The molecule has 1 aromatic rings. The summed E-state index contributed by atoms with van der Waals surface area (Å²) in [5.41, 5.74) is 5.22. The smallest absolute Gasteiger partial charge is 0.168 e. The Hall–Kier alpha value is -1.32. The highest BCUT2D eigenvalue weighted by Crippen LogP contribution is 2.29. The van der Waals surface area contributed by atoms with E-state index in [9.17, 15) is 4.39 Å². The van der Waals surface area contributed by atoms with Crippen LogP contribution in [0.3, 0.4) is 0 Å². The van der Waals surface area contributed by atoms with Crippen molar-refractivity contribution in [2.75, 3.05) is 12.3 Å². The summed E-state index contributed by atoms with van der Waals surface area (Å²) in [4.78, 5) is 3.65. The van der Waals surface area contributed by atoms with Crippen LogP contribution in [-0.4, -0.2) is 11.6 Å². The quantitative estimate of drug-likeness (QED) is 0.772. The molecular weight excluding hydrogens is 171 g/mol. The summed E-state index contributed by atoms with van der Waals surface area (Å²) in [6.07, 6.45) is 3.87. The van der Waals surface area contributed by atoms with Crippen molar-refractivity contribution in [2.24, 2.45) is 5.92 Å². The Labute approximate surface area is 75.7 Å². The van der Waals surface area contributed by atoms with Gasteiger partial charge in [0.25, 0.3) is 0 Å². The topological polar surface area (TPSA) is 48.1 Å². The molecule has 0 amide bonds. The van der Waals surface area contributed by atoms with E-state index in [2.05, 4.69) is 4.98 Å². The number of nitrogens with two attached hydrogens (primary N) is 1. The molecule has 0 bridgehead atoms. The van der Waals surface area contributed by atoms with Crippen LogP contribution in [0.25, 0.3) is 0 Å².